The standard InChI is InChI=1S/C12H12N2O3S2/c15-11(8-4-2-1-3-5-8)14-12-13-9-6-19(16,17)7-10(9)18-12/h1-5,9-10H,6-7H2,(H,13,14,15)/t9-,10+/m0/s1. The van der Waals surface area contributed by atoms with Crippen LogP contribution in [0, 0.1) is 0 Å². The van der Waals surface area contributed by atoms with Crippen molar-refractivity contribution in [1.29, 1.82) is 0 Å². The van der Waals surface area contributed by atoms with E-state index in [0.29, 0.717) is 10.7 Å². The fourth-order valence-corrected chi connectivity index (χ4v) is 5.83. The molecule has 100 valence electrons. The van der Waals surface area contributed by atoms with Crippen molar-refractivity contribution in [2.45, 2.75) is 11.3 Å². The van der Waals surface area contributed by atoms with Crippen molar-refractivity contribution in [2.24, 2.45) is 4.99 Å². The number of rotatable bonds is 1. The first kappa shape index (κ1) is 12.7. The van der Waals surface area contributed by atoms with E-state index < -0.39 is 9.84 Å². The van der Waals surface area contributed by atoms with Gasteiger partial charge in [0.15, 0.2) is 15.0 Å². The molecule has 0 aliphatic carbocycles. The molecule has 2 aliphatic rings. The Bertz CT molecular complexity index is 640. The van der Waals surface area contributed by atoms with Gasteiger partial charge < -0.3 is 5.32 Å². The van der Waals surface area contributed by atoms with Crippen molar-refractivity contribution < 1.29 is 13.2 Å². The van der Waals surface area contributed by atoms with E-state index in [4.69, 9.17) is 0 Å². The summed E-state index contributed by atoms with van der Waals surface area (Å²) in [5.41, 5.74) is 0.565. The summed E-state index contributed by atoms with van der Waals surface area (Å²) in [4.78, 5) is 16.2. The number of amidine groups is 1. The van der Waals surface area contributed by atoms with Crippen LogP contribution in [0.4, 0.5) is 0 Å². The second-order valence-corrected chi connectivity index (χ2v) is 7.94. The minimum Gasteiger partial charge on any atom is -0.301 e. The molecule has 7 heteroatoms. The lowest BCUT2D eigenvalue weighted by Crippen LogP contribution is -2.28. The second-order valence-electron chi connectivity index (χ2n) is 4.55. The molecule has 0 bridgehead atoms. The number of thioether (sulfide) groups is 1. The van der Waals surface area contributed by atoms with E-state index in [1.807, 2.05) is 6.07 Å². The lowest BCUT2D eigenvalue weighted by atomic mass is 10.2. The molecule has 0 spiro atoms. The van der Waals surface area contributed by atoms with E-state index in [0.717, 1.165) is 0 Å². The number of nitrogens with zero attached hydrogens (tertiary/aromatic N) is 1. The molecule has 19 heavy (non-hydrogen) atoms. The first-order valence-corrected chi connectivity index (χ1v) is 8.55. The van der Waals surface area contributed by atoms with E-state index in [9.17, 15) is 13.2 Å². The van der Waals surface area contributed by atoms with Crippen LogP contribution in [0.2, 0.25) is 0 Å². The molecule has 1 saturated heterocycles. The first-order chi connectivity index (χ1) is 9.03. The average molecular weight is 296 g/mol. The Hall–Kier alpha value is -1.34. The predicted octanol–water partition coefficient (Wildman–Crippen LogP) is 0.685. The average Bonchev–Trinajstić information content (AvgIpc) is 2.82. The van der Waals surface area contributed by atoms with E-state index in [2.05, 4.69) is 10.3 Å². The summed E-state index contributed by atoms with van der Waals surface area (Å²) in [6.45, 7) is 0. The molecule has 1 amide bonds. The zero-order valence-electron chi connectivity index (χ0n) is 9.94. The summed E-state index contributed by atoms with van der Waals surface area (Å²) in [6, 6.07) is 8.66. The van der Waals surface area contributed by atoms with Crippen LogP contribution < -0.4 is 5.32 Å². The molecule has 2 atom stereocenters. The number of fused-ring (bicyclic) bond motifs is 1. The van der Waals surface area contributed by atoms with Gasteiger partial charge in [0, 0.05) is 10.8 Å². The molecule has 0 aromatic heterocycles. The van der Waals surface area contributed by atoms with Crippen LogP contribution in [0.15, 0.2) is 35.3 Å². The minimum atomic E-state index is -2.95. The molecule has 1 fully saturated rings. The molecule has 2 heterocycles. The zero-order chi connectivity index (χ0) is 13.5. The molecule has 3 rings (SSSR count). The van der Waals surface area contributed by atoms with Gasteiger partial charge in [0.05, 0.1) is 17.5 Å². The molecule has 2 aliphatic heterocycles. The summed E-state index contributed by atoms with van der Waals surface area (Å²) < 4.78 is 22.8. The number of carbonyl (C=O) groups is 1. The second kappa shape index (κ2) is 4.64. The van der Waals surface area contributed by atoms with Crippen LogP contribution in [0.3, 0.4) is 0 Å². The molecular formula is C12H12N2O3S2. The Balaban J connectivity index is 1.69. The highest BCUT2D eigenvalue weighted by atomic mass is 32.2. The maximum atomic E-state index is 11.9. The third-order valence-electron chi connectivity index (χ3n) is 3.07. The predicted molar refractivity (Wildman–Crippen MR) is 75.2 cm³/mol. The number of sulfone groups is 1. The Morgan fingerprint density at radius 1 is 1.26 bits per heavy atom. The SMILES string of the molecule is O=C(NC1=N[C@H]2CS(=O)(=O)C[C@H]2S1)c1ccccc1. The molecule has 1 aromatic carbocycles. The van der Waals surface area contributed by atoms with Crippen molar-refractivity contribution >= 4 is 32.7 Å². The largest absolute Gasteiger partial charge is 0.301 e. The Morgan fingerprint density at radius 3 is 2.68 bits per heavy atom. The summed E-state index contributed by atoms with van der Waals surface area (Å²) in [5.74, 6) is 0.0287. The van der Waals surface area contributed by atoms with Crippen LogP contribution in [0.25, 0.3) is 0 Å². The summed E-state index contributed by atoms with van der Waals surface area (Å²) in [7, 11) is -2.95. The van der Waals surface area contributed by atoms with Gasteiger partial charge in [0.25, 0.3) is 5.91 Å². The van der Waals surface area contributed by atoms with Crippen molar-refractivity contribution in [1.82, 2.24) is 5.32 Å². The topological polar surface area (TPSA) is 75.6 Å². The van der Waals surface area contributed by atoms with Gasteiger partial charge in [0.1, 0.15) is 0 Å². The van der Waals surface area contributed by atoms with Gasteiger partial charge >= 0.3 is 0 Å². The number of hydrogen-bond donors (Lipinski definition) is 1. The van der Waals surface area contributed by atoms with E-state index in [1.165, 1.54) is 11.8 Å². The highest BCUT2D eigenvalue weighted by Crippen LogP contribution is 2.33. The molecule has 1 aromatic rings. The summed E-state index contributed by atoms with van der Waals surface area (Å²) in [6.07, 6.45) is 0. The van der Waals surface area contributed by atoms with Crippen LogP contribution in [-0.4, -0.2) is 42.3 Å². The maximum absolute atomic E-state index is 11.9. The molecule has 1 N–H and O–H groups in total. The Kier molecular flexibility index (Phi) is 3.10. The van der Waals surface area contributed by atoms with Crippen LogP contribution >= 0.6 is 11.8 Å². The van der Waals surface area contributed by atoms with Crippen LogP contribution in [0.1, 0.15) is 10.4 Å². The van der Waals surface area contributed by atoms with Crippen molar-refractivity contribution in [3.63, 3.8) is 0 Å². The van der Waals surface area contributed by atoms with Gasteiger partial charge in [-0.1, -0.05) is 30.0 Å². The molecule has 0 radical (unpaired) electrons. The molecular weight excluding hydrogens is 284 g/mol. The Labute approximate surface area is 115 Å². The smallest absolute Gasteiger partial charge is 0.257 e. The van der Waals surface area contributed by atoms with Gasteiger partial charge in [-0.05, 0) is 12.1 Å². The molecule has 0 saturated carbocycles. The highest BCUT2D eigenvalue weighted by molar-refractivity contribution is 8.15. The fourth-order valence-electron chi connectivity index (χ4n) is 2.17. The van der Waals surface area contributed by atoms with Gasteiger partial charge in [-0.2, -0.15) is 0 Å². The van der Waals surface area contributed by atoms with E-state index >= 15 is 0 Å². The molecule has 0 unspecified atom stereocenters. The van der Waals surface area contributed by atoms with Gasteiger partial charge in [-0.15, -0.1) is 0 Å². The van der Waals surface area contributed by atoms with Crippen LogP contribution in [-0.2, 0) is 9.84 Å². The fraction of sp³-hybridized carbons (Fsp3) is 0.333. The number of carbonyl (C=O) groups excluding carboxylic acids is 1. The quantitative estimate of drug-likeness (QED) is 0.827. The number of aliphatic imine (C=N–C) groups is 1. The van der Waals surface area contributed by atoms with Crippen LogP contribution in [0.5, 0.6) is 0 Å². The highest BCUT2D eigenvalue weighted by Gasteiger charge is 2.42. The third-order valence-corrected chi connectivity index (χ3v) is 6.22. The summed E-state index contributed by atoms with van der Waals surface area (Å²) in [5, 5.41) is 3.21. The minimum absolute atomic E-state index is 0.0453. The van der Waals surface area contributed by atoms with Gasteiger partial charge in [0.2, 0.25) is 0 Å². The maximum Gasteiger partial charge on any atom is 0.257 e. The number of benzene rings is 1. The Morgan fingerprint density at radius 2 is 2.00 bits per heavy atom. The monoisotopic (exact) mass is 296 g/mol. The lowest BCUT2D eigenvalue weighted by Gasteiger charge is -2.05. The van der Waals surface area contributed by atoms with Crippen molar-refractivity contribution in [3.8, 4) is 0 Å². The first-order valence-electron chi connectivity index (χ1n) is 5.85. The van der Waals surface area contributed by atoms with Crippen molar-refractivity contribution in [2.75, 3.05) is 11.5 Å². The number of hydrogen-bond acceptors (Lipinski definition) is 5. The lowest BCUT2D eigenvalue weighted by molar-refractivity contribution is 0.0978. The van der Waals surface area contributed by atoms with E-state index in [-0.39, 0.29) is 28.7 Å². The van der Waals surface area contributed by atoms with Gasteiger partial charge in [-0.25, -0.2) is 8.42 Å². The molecule has 5 nitrogen and oxygen atoms in total. The zero-order valence-corrected chi connectivity index (χ0v) is 11.6. The van der Waals surface area contributed by atoms with Gasteiger partial charge in [-0.3, -0.25) is 9.79 Å². The van der Waals surface area contributed by atoms with E-state index in [1.54, 1.807) is 24.3 Å². The number of amides is 1. The summed E-state index contributed by atoms with van der Waals surface area (Å²) >= 11 is 1.35. The normalized spacial score (nSPS) is 27.7. The van der Waals surface area contributed by atoms with Crippen molar-refractivity contribution in [3.05, 3.63) is 35.9 Å². The third kappa shape index (κ3) is 2.66. The number of nitrogens with one attached hydrogen (secondary N) is 1.